The van der Waals surface area contributed by atoms with Crippen molar-refractivity contribution < 1.29 is 19.1 Å². The second-order valence-electron chi connectivity index (χ2n) is 5.09. The molecule has 4 heteroatoms. The van der Waals surface area contributed by atoms with Crippen LogP contribution in [0.5, 0.6) is 0 Å². The Hall–Kier alpha value is -1.32. The number of hydrogen-bond acceptors (Lipinski definition) is 4. The van der Waals surface area contributed by atoms with E-state index in [4.69, 9.17) is 9.47 Å². The molecule has 0 amide bonds. The molecule has 2 aliphatic carbocycles. The molecule has 2 aliphatic rings. The number of esters is 2. The first-order chi connectivity index (χ1) is 7.36. The quantitative estimate of drug-likeness (QED) is 0.401. The number of methoxy groups -OCH3 is 2. The van der Waals surface area contributed by atoms with Crippen LogP contribution in [0.3, 0.4) is 0 Å². The highest BCUT2D eigenvalue weighted by Gasteiger charge is 2.84. The topological polar surface area (TPSA) is 52.6 Å². The van der Waals surface area contributed by atoms with E-state index in [9.17, 15) is 9.59 Å². The Morgan fingerprint density at radius 2 is 1.62 bits per heavy atom. The molecule has 2 atom stereocenters. The third-order valence-corrected chi connectivity index (χ3v) is 4.19. The number of carbonyl (C=O) groups excluding carboxylic acids is 2. The second kappa shape index (κ2) is 2.87. The van der Waals surface area contributed by atoms with Crippen LogP contribution < -0.4 is 0 Å². The molecular weight excluding hydrogens is 208 g/mol. The van der Waals surface area contributed by atoms with E-state index in [0.717, 1.165) is 0 Å². The van der Waals surface area contributed by atoms with Gasteiger partial charge in [0, 0.05) is 5.92 Å². The second-order valence-corrected chi connectivity index (χ2v) is 5.09. The van der Waals surface area contributed by atoms with E-state index in [1.807, 2.05) is 13.8 Å². The number of hydrogen-bond donors (Lipinski definition) is 0. The van der Waals surface area contributed by atoms with Gasteiger partial charge in [-0.2, -0.15) is 0 Å². The van der Waals surface area contributed by atoms with Crippen molar-refractivity contribution in [1.82, 2.24) is 0 Å². The van der Waals surface area contributed by atoms with Crippen molar-refractivity contribution in [3.05, 3.63) is 12.2 Å². The van der Waals surface area contributed by atoms with Crippen LogP contribution in [-0.2, 0) is 19.1 Å². The van der Waals surface area contributed by atoms with E-state index in [2.05, 4.69) is 6.58 Å². The van der Waals surface area contributed by atoms with E-state index in [1.165, 1.54) is 14.2 Å². The first kappa shape index (κ1) is 11.2. The van der Waals surface area contributed by atoms with Crippen LogP contribution in [0, 0.1) is 22.7 Å². The highest BCUT2D eigenvalue weighted by Crippen LogP contribution is 2.81. The molecule has 16 heavy (non-hydrogen) atoms. The van der Waals surface area contributed by atoms with Crippen LogP contribution in [0.2, 0.25) is 0 Å². The summed E-state index contributed by atoms with van der Waals surface area (Å²) in [6.45, 7) is 7.93. The van der Waals surface area contributed by atoms with Crippen LogP contribution in [0.25, 0.3) is 0 Å². The van der Waals surface area contributed by atoms with Crippen molar-refractivity contribution in [2.24, 2.45) is 22.7 Å². The Morgan fingerprint density at radius 1 is 1.19 bits per heavy atom. The summed E-state index contributed by atoms with van der Waals surface area (Å²) < 4.78 is 9.48. The molecule has 0 saturated heterocycles. The van der Waals surface area contributed by atoms with E-state index >= 15 is 0 Å². The predicted octanol–water partition coefficient (Wildman–Crippen LogP) is 1.16. The zero-order valence-electron chi connectivity index (χ0n) is 9.99. The van der Waals surface area contributed by atoms with Gasteiger partial charge in [0.1, 0.15) is 0 Å². The molecule has 0 aromatic carbocycles. The van der Waals surface area contributed by atoms with Crippen molar-refractivity contribution in [2.75, 3.05) is 14.2 Å². The largest absolute Gasteiger partial charge is 0.468 e. The van der Waals surface area contributed by atoms with Gasteiger partial charge < -0.3 is 9.47 Å². The summed E-state index contributed by atoms with van der Waals surface area (Å²) in [5, 5.41) is 0. The zero-order chi connectivity index (χ0) is 12.3. The minimum Gasteiger partial charge on any atom is -0.468 e. The molecule has 2 fully saturated rings. The fourth-order valence-corrected chi connectivity index (χ4v) is 3.37. The minimum atomic E-state index is -1.25. The molecular formula is C12H16O4. The molecule has 4 nitrogen and oxygen atoms in total. The van der Waals surface area contributed by atoms with Crippen molar-refractivity contribution in [3.8, 4) is 0 Å². The molecule has 88 valence electrons. The number of rotatable bonds is 2. The van der Waals surface area contributed by atoms with Gasteiger partial charge in [0.25, 0.3) is 0 Å². The number of carbonyl (C=O) groups is 2. The summed E-state index contributed by atoms with van der Waals surface area (Å²) in [4.78, 5) is 23.7. The Morgan fingerprint density at radius 3 is 1.88 bits per heavy atom. The molecule has 0 N–H and O–H groups in total. The van der Waals surface area contributed by atoms with Crippen LogP contribution in [-0.4, -0.2) is 26.2 Å². The third kappa shape index (κ3) is 0.867. The molecule has 2 rings (SSSR count). The first-order valence-corrected chi connectivity index (χ1v) is 5.22. The van der Waals surface area contributed by atoms with Crippen molar-refractivity contribution in [3.63, 3.8) is 0 Å². The van der Waals surface area contributed by atoms with Gasteiger partial charge in [-0.1, -0.05) is 20.4 Å². The zero-order valence-corrected chi connectivity index (χ0v) is 9.99. The first-order valence-electron chi connectivity index (χ1n) is 5.22. The van der Waals surface area contributed by atoms with Gasteiger partial charge in [0.2, 0.25) is 0 Å². The summed E-state index contributed by atoms with van der Waals surface area (Å²) in [5.74, 6) is -0.870. The smallest absolute Gasteiger partial charge is 0.327 e. The van der Waals surface area contributed by atoms with Crippen molar-refractivity contribution in [1.29, 1.82) is 0 Å². The molecule has 2 unspecified atom stereocenters. The molecule has 0 spiro atoms. The van der Waals surface area contributed by atoms with Crippen molar-refractivity contribution >= 4 is 11.9 Å². The lowest BCUT2D eigenvalue weighted by atomic mass is 9.65. The van der Waals surface area contributed by atoms with Crippen LogP contribution in [0.4, 0.5) is 0 Å². The predicted molar refractivity (Wildman–Crippen MR) is 56.4 cm³/mol. The van der Waals surface area contributed by atoms with Gasteiger partial charge in [0.05, 0.1) is 14.2 Å². The summed E-state index contributed by atoms with van der Waals surface area (Å²) in [6, 6.07) is 0. The Kier molecular flexibility index (Phi) is 2.00. The number of ether oxygens (including phenoxy) is 2. The maximum atomic E-state index is 11.9. The summed E-state index contributed by atoms with van der Waals surface area (Å²) in [6.07, 6.45) is 0. The van der Waals surface area contributed by atoms with Gasteiger partial charge in [0.15, 0.2) is 5.41 Å². The van der Waals surface area contributed by atoms with Gasteiger partial charge in [-0.15, -0.1) is 0 Å². The fraction of sp³-hybridized carbons (Fsp3) is 0.667. The number of fused-ring (bicyclic) bond motifs is 1. The molecule has 0 aromatic heterocycles. The minimum absolute atomic E-state index is 0.0209. The SMILES string of the molecule is C=C1C2C(C1(C(=O)OC)C(=O)OC)C2(C)C. The Balaban J connectivity index is 2.44. The van der Waals surface area contributed by atoms with Crippen LogP contribution in [0.1, 0.15) is 13.8 Å². The van der Waals surface area contributed by atoms with E-state index < -0.39 is 17.4 Å². The lowest BCUT2D eigenvalue weighted by molar-refractivity contribution is -0.171. The van der Waals surface area contributed by atoms with E-state index in [-0.39, 0.29) is 17.3 Å². The molecule has 0 heterocycles. The average molecular weight is 224 g/mol. The maximum Gasteiger partial charge on any atom is 0.327 e. The third-order valence-electron chi connectivity index (χ3n) is 4.19. The normalized spacial score (nSPS) is 32.1. The lowest BCUT2D eigenvalue weighted by Crippen LogP contribution is -2.51. The molecule has 0 bridgehead atoms. The summed E-state index contributed by atoms with van der Waals surface area (Å²) >= 11 is 0. The van der Waals surface area contributed by atoms with E-state index in [1.54, 1.807) is 0 Å². The maximum absolute atomic E-state index is 11.9. The fourth-order valence-electron chi connectivity index (χ4n) is 3.37. The standard InChI is InChI=1S/C12H16O4/c1-6-7-8(11(7,2)3)12(6,9(13)15-4)10(14)16-5/h7-8H,1H2,2-5H3. The van der Waals surface area contributed by atoms with Gasteiger partial charge >= 0.3 is 11.9 Å². The van der Waals surface area contributed by atoms with Crippen molar-refractivity contribution in [2.45, 2.75) is 13.8 Å². The monoisotopic (exact) mass is 224 g/mol. The molecule has 0 radical (unpaired) electrons. The van der Waals surface area contributed by atoms with Gasteiger partial charge in [-0.25, -0.2) is 0 Å². The van der Waals surface area contributed by atoms with E-state index in [0.29, 0.717) is 5.57 Å². The Bertz CT molecular complexity index is 378. The van der Waals surface area contributed by atoms with Gasteiger partial charge in [-0.3, -0.25) is 9.59 Å². The average Bonchev–Trinajstić information content (AvgIpc) is 2.76. The lowest BCUT2D eigenvalue weighted by Gasteiger charge is -2.37. The molecule has 0 aromatic rings. The molecule has 2 saturated carbocycles. The summed E-state index contributed by atoms with van der Waals surface area (Å²) in [7, 11) is 2.56. The molecule has 0 aliphatic heterocycles. The van der Waals surface area contributed by atoms with Crippen LogP contribution in [0.15, 0.2) is 12.2 Å². The highest BCUT2D eigenvalue weighted by molar-refractivity contribution is 6.07. The van der Waals surface area contributed by atoms with Crippen LogP contribution >= 0.6 is 0 Å². The highest BCUT2D eigenvalue weighted by atomic mass is 16.5. The summed E-state index contributed by atoms with van der Waals surface area (Å²) in [5.41, 5.74) is -0.668. The Labute approximate surface area is 94.6 Å². The van der Waals surface area contributed by atoms with Gasteiger partial charge in [-0.05, 0) is 16.9 Å².